The molecule has 0 aromatic carbocycles. The predicted octanol–water partition coefficient (Wildman–Crippen LogP) is 0.166. The number of aliphatic carboxylic acids is 1. The first-order valence-corrected chi connectivity index (χ1v) is 4.99. The number of amides is 1. The highest BCUT2D eigenvalue weighted by atomic mass is 16.4. The van der Waals surface area contributed by atoms with Gasteiger partial charge in [-0.3, -0.25) is 4.79 Å². The first-order chi connectivity index (χ1) is 7.70. The second-order valence-electron chi connectivity index (χ2n) is 3.62. The van der Waals surface area contributed by atoms with Crippen LogP contribution in [0.3, 0.4) is 0 Å². The van der Waals surface area contributed by atoms with Gasteiger partial charge in [-0.25, -0.2) is 14.8 Å². The Bertz CT molecular complexity index is 407. The Morgan fingerprint density at radius 1 is 1.38 bits per heavy atom. The fourth-order valence-electron chi connectivity index (χ4n) is 1.84. The van der Waals surface area contributed by atoms with Crippen LogP contribution >= 0.6 is 0 Å². The quantitative estimate of drug-likeness (QED) is 0.769. The highest BCUT2D eigenvalue weighted by molar-refractivity contribution is 5.96. The van der Waals surface area contributed by atoms with E-state index in [1.54, 1.807) is 0 Å². The Balaban J connectivity index is 2.19. The number of hydrogen-bond donors (Lipinski definition) is 1. The van der Waals surface area contributed by atoms with Gasteiger partial charge in [0.15, 0.2) is 0 Å². The first kappa shape index (κ1) is 10.5. The minimum atomic E-state index is -0.956. The summed E-state index contributed by atoms with van der Waals surface area (Å²) in [4.78, 5) is 31.7. The highest BCUT2D eigenvalue weighted by Crippen LogP contribution is 2.19. The van der Waals surface area contributed by atoms with Crippen molar-refractivity contribution in [3.63, 3.8) is 0 Å². The second kappa shape index (κ2) is 4.26. The lowest BCUT2D eigenvalue weighted by molar-refractivity contribution is -0.141. The van der Waals surface area contributed by atoms with Gasteiger partial charge < -0.3 is 10.0 Å². The highest BCUT2D eigenvalue weighted by Gasteiger charge is 2.34. The molecule has 0 bridgehead atoms. The molecule has 0 spiro atoms. The van der Waals surface area contributed by atoms with Gasteiger partial charge in [0.2, 0.25) is 0 Å². The van der Waals surface area contributed by atoms with Crippen molar-refractivity contribution in [1.29, 1.82) is 0 Å². The number of likely N-dealkylation sites (tertiary alicyclic amines) is 1. The Morgan fingerprint density at radius 2 is 2.06 bits per heavy atom. The molecule has 0 radical (unpaired) electrons. The third kappa shape index (κ3) is 1.86. The second-order valence-corrected chi connectivity index (χ2v) is 3.62. The summed E-state index contributed by atoms with van der Waals surface area (Å²) in [5.74, 6) is -1.27. The molecule has 1 unspecified atom stereocenters. The molecule has 1 N–H and O–H groups in total. The summed E-state index contributed by atoms with van der Waals surface area (Å²) in [6.45, 7) is 0.477. The number of carboxylic acids is 1. The molecule has 0 aliphatic carbocycles. The van der Waals surface area contributed by atoms with Gasteiger partial charge in [0, 0.05) is 18.9 Å². The molecule has 1 saturated heterocycles. The molecule has 6 heteroatoms. The Labute approximate surface area is 91.9 Å². The zero-order valence-corrected chi connectivity index (χ0v) is 8.54. The monoisotopic (exact) mass is 221 g/mol. The Hall–Kier alpha value is -1.98. The van der Waals surface area contributed by atoms with E-state index in [-0.39, 0.29) is 5.91 Å². The van der Waals surface area contributed by atoms with Gasteiger partial charge in [0.05, 0.1) is 5.56 Å². The number of rotatable bonds is 2. The minimum absolute atomic E-state index is 0.314. The zero-order valence-electron chi connectivity index (χ0n) is 8.54. The maximum Gasteiger partial charge on any atom is 0.326 e. The van der Waals surface area contributed by atoms with E-state index in [0.29, 0.717) is 18.5 Å². The van der Waals surface area contributed by atoms with Gasteiger partial charge in [-0.15, -0.1) is 0 Å². The molecule has 1 aliphatic heterocycles. The van der Waals surface area contributed by atoms with Crippen LogP contribution in [0.15, 0.2) is 18.7 Å². The molecule has 1 amide bonds. The van der Waals surface area contributed by atoms with Crippen molar-refractivity contribution >= 4 is 11.9 Å². The molecule has 1 aromatic heterocycles. The summed E-state index contributed by atoms with van der Waals surface area (Å²) in [5.41, 5.74) is 0.329. The largest absolute Gasteiger partial charge is 0.480 e. The summed E-state index contributed by atoms with van der Waals surface area (Å²) in [7, 11) is 0. The summed E-state index contributed by atoms with van der Waals surface area (Å²) >= 11 is 0. The topological polar surface area (TPSA) is 83.4 Å². The third-order valence-electron chi connectivity index (χ3n) is 2.61. The van der Waals surface area contributed by atoms with Crippen LogP contribution in [0.25, 0.3) is 0 Å². The van der Waals surface area contributed by atoms with Gasteiger partial charge in [-0.05, 0) is 12.8 Å². The van der Waals surface area contributed by atoms with E-state index in [4.69, 9.17) is 5.11 Å². The van der Waals surface area contributed by atoms with E-state index in [0.717, 1.165) is 6.42 Å². The van der Waals surface area contributed by atoms with Crippen LogP contribution in [0.5, 0.6) is 0 Å². The van der Waals surface area contributed by atoms with Gasteiger partial charge in [0.1, 0.15) is 12.4 Å². The molecule has 1 aromatic rings. The summed E-state index contributed by atoms with van der Waals surface area (Å²) in [5, 5.41) is 8.95. The molecule has 2 heterocycles. The predicted molar refractivity (Wildman–Crippen MR) is 53.7 cm³/mol. The van der Waals surface area contributed by atoms with E-state index in [1.807, 2.05) is 0 Å². The van der Waals surface area contributed by atoms with Crippen molar-refractivity contribution < 1.29 is 14.7 Å². The van der Waals surface area contributed by atoms with Crippen molar-refractivity contribution in [3.8, 4) is 0 Å². The third-order valence-corrected chi connectivity index (χ3v) is 2.61. The summed E-state index contributed by atoms with van der Waals surface area (Å²) in [6, 6.07) is -0.715. The van der Waals surface area contributed by atoms with Crippen LogP contribution in [-0.2, 0) is 4.79 Å². The molecule has 1 fully saturated rings. The van der Waals surface area contributed by atoms with Crippen molar-refractivity contribution in [1.82, 2.24) is 14.9 Å². The van der Waals surface area contributed by atoms with Gasteiger partial charge in [0.25, 0.3) is 5.91 Å². The average Bonchev–Trinajstić information content (AvgIpc) is 2.78. The number of carboxylic acid groups (broad SMARTS) is 1. The lowest BCUT2D eigenvalue weighted by Crippen LogP contribution is -2.40. The van der Waals surface area contributed by atoms with E-state index >= 15 is 0 Å². The van der Waals surface area contributed by atoms with Crippen molar-refractivity contribution in [2.75, 3.05) is 6.54 Å². The van der Waals surface area contributed by atoms with E-state index < -0.39 is 12.0 Å². The average molecular weight is 221 g/mol. The molecule has 1 aliphatic rings. The van der Waals surface area contributed by atoms with E-state index in [2.05, 4.69) is 9.97 Å². The van der Waals surface area contributed by atoms with Crippen LogP contribution in [-0.4, -0.2) is 44.4 Å². The molecular weight excluding hydrogens is 210 g/mol. The minimum Gasteiger partial charge on any atom is -0.480 e. The molecule has 16 heavy (non-hydrogen) atoms. The Morgan fingerprint density at radius 3 is 2.69 bits per heavy atom. The van der Waals surface area contributed by atoms with Gasteiger partial charge in [-0.1, -0.05) is 0 Å². The molecule has 1 atom stereocenters. The number of hydrogen-bond acceptors (Lipinski definition) is 4. The fraction of sp³-hybridized carbons (Fsp3) is 0.400. The van der Waals surface area contributed by atoms with Gasteiger partial charge in [-0.2, -0.15) is 0 Å². The van der Waals surface area contributed by atoms with Crippen LogP contribution < -0.4 is 0 Å². The number of nitrogens with zero attached hydrogens (tertiary/aromatic N) is 3. The van der Waals surface area contributed by atoms with Gasteiger partial charge >= 0.3 is 5.97 Å². The smallest absolute Gasteiger partial charge is 0.326 e. The standard InChI is InChI=1S/C10H11N3O3/c14-9(7-4-11-6-12-5-7)13-3-1-2-8(13)10(15)16/h4-6,8H,1-3H2,(H,15,16). The summed E-state index contributed by atoms with van der Waals surface area (Å²) in [6.07, 6.45) is 5.35. The first-order valence-electron chi connectivity index (χ1n) is 4.99. The fourth-order valence-corrected chi connectivity index (χ4v) is 1.84. The number of carbonyl (C=O) groups excluding carboxylic acids is 1. The van der Waals surface area contributed by atoms with Crippen LogP contribution in [0, 0.1) is 0 Å². The lowest BCUT2D eigenvalue weighted by Gasteiger charge is -2.20. The maximum atomic E-state index is 11.9. The van der Waals surface area contributed by atoms with Crippen LogP contribution in [0.2, 0.25) is 0 Å². The van der Waals surface area contributed by atoms with Crippen LogP contribution in [0.1, 0.15) is 23.2 Å². The van der Waals surface area contributed by atoms with Crippen molar-refractivity contribution in [2.45, 2.75) is 18.9 Å². The van der Waals surface area contributed by atoms with E-state index in [9.17, 15) is 9.59 Å². The normalized spacial score (nSPS) is 19.8. The van der Waals surface area contributed by atoms with Crippen molar-refractivity contribution in [3.05, 3.63) is 24.3 Å². The summed E-state index contributed by atoms with van der Waals surface area (Å²) < 4.78 is 0. The van der Waals surface area contributed by atoms with Crippen LogP contribution in [0.4, 0.5) is 0 Å². The number of carbonyl (C=O) groups is 2. The van der Waals surface area contributed by atoms with Crippen molar-refractivity contribution in [2.24, 2.45) is 0 Å². The molecule has 2 rings (SSSR count). The lowest BCUT2D eigenvalue weighted by atomic mass is 10.2. The van der Waals surface area contributed by atoms with E-state index in [1.165, 1.54) is 23.6 Å². The molecule has 84 valence electrons. The molecule has 0 saturated carbocycles. The molecular formula is C10H11N3O3. The Kier molecular flexibility index (Phi) is 2.80. The zero-order chi connectivity index (χ0) is 11.5. The maximum absolute atomic E-state index is 11.9. The molecule has 6 nitrogen and oxygen atoms in total. The SMILES string of the molecule is O=C(O)C1CCCN1C(=O)c1cncnc1. The number of aromatic nitrogens is 2.